The van der Waals surface area contributed by atoms with Crippen LogP contribution in [-0.2, 0) is 20.7 Å². The summed E-state index contributed by atoms with van der Waals surface area (Å²) in [6, 6.07) is 11.1. The molecule has 0 spiro atoms. The number of hydrogen-bond acceptors (Lipinski definition) is 8. The first kappa shape index (κ1) is 32.1. The van der Waals surface area contributed by atoms with Gasteiger partial charge in [0.05, 0.1) is 29.7 Å². The number of nitrogens with two attached hydrogens (primary N) is 1. The van der Waals surface area contributed by atoms with E-state index in [0.29, 0.717) is 34.6 Å². The van der Waals surface area contributed by atoms with E-state index in [1.165, 1.54) is 18.3 Å². The van der Waals surface area contributed by atoms with Crippen molar-refractivity contribution in [2.24, 2.45) is 15.7 Å². The third-order valence-corrected chi connectivity index (χ3v) is 6.29. The van der Waals surface area contributed by atoms with E-state index in [0.717, 1.165) is 16.8 Å². The minimum Gasteiger partial charge on any atom is -0.508 e. The van der Waals surface area contributed by atoms with E-state index in [1.807, 2.05) is 13.8 Å². The van der Waals surface area contributed by atoms with Crippen LogP contribution in [0.2, 0.25) is 0 Å². The number of aromatic hydroxyl groups is 1. The lowest BCUT2D eigenvalue weighted by molar-refractivity contribution is -0.151. The van der Waals surface area contributed by atoms with Crippen LogP contribution in [0.4, 0.5) is 10.5 Å². The number of ether oxygens (including phenoxy) is 2. The molecule has 0 unspecified atom stereocenters. The molecule has 0 bridgehead atoms. The molecule has 0 aliphatic carbocycles. The lowest BCUT2D eigenvalue weighted by Gasteiger charge is -2.18. The van der Waals surface area contributed by atoms with Crippen LogP contribution in [-0.4, -0.2) is 70.9 Å². The number of phenolic OH excluding ortho intramolecular Hbond substituents is 1. The Labute approximate surface area is 248 Å². The van der Waals surface area contributed by atoms with E-state index in [4.69, 9.17) is 15.2 Å². The maximum Gasteiger partial charge on any atom is 0.419 e. The first-order valence-electron chi connectivity index (χ1n) is 13.4. The summed E-state index contributed by atoms with van der Waals surface area (Å²) in [5, 5.41) is 12.1. The standard InChI is InChI=1S/C30H34N6O7/c1-5-32-28(39)21-10-7-18(3)24(14-21)35-27(34-16-31)26-19(4)23(15-33-26)29(40)36(6-2)30(41)43-17-42-25(38)13-20-8-11-22(37)12-9-20/h7-12,14-16,33,37H,5-6,13,17H2,1-4H3,(H,32,39)(H2,31,34,35). The monoisotopic (exact) mass is 590 g/mol. The minimum absolute atomic E-state index is 0.0210. The highest BCUT2D eigenvalue weighted by atomic mass is 16.7. The number of aromatic amines is 1. The number of amides is 3. The third kappa shape index (κ3) is 8.28. The molecule has 0 saturated heterocycles. The fourth-order valence-electron chi connectivity index (χ4n) is 3.97. The minimum atomic E-state index is -1.00. The van der Waals surface area contributed by atoms with Gasteiger partial charge in [-0.2, -0.15) is 0 Å². The summed E-state index contributed by atoms with van der Waals surface area (Å²) in [6.45, 7) is 6.66. The summed E-state index contributed by atoms with van der Waals surface area (Å²) in [7, 11) is 0. The van der Waals surface area contributed by atoms with Crippen LogP contribution in [0.1, 0.15) is 56.9 Å². The molecular weight excluding hydrogens is 556 g/mol. The largest absolute Gasteiger partial charge is 0.508 e. The number of benzene rings is 2. The Bertz CT molecular complexity index is 1540. The normalized spacial score (nSPS) is 11.3. The SMILES string of the molecule is CCNC(=O)c1ccc(C)c(N=C(N=CN)c2[nH]cc(C(=O)N(CC)C(=O)OCOC(=O)Cc3ccc(O)cc3)c2C)c1. The van der Waals surface area contributed by atoms with Gasteiger partial charge in [0, 0.05) is 24.8 Å². The van der Waals surface area contributed by atoms with E-state index < -0.39 is 24.8 Å². The molecule has 0 fully saturated rings. The molecule has 226 valence electrons. The van der Waals surface area contributed by atoms with Crippen molar-refractivity contribution in [3.8, 4) is 5.75 Å². The molecule has 0 radical (unpaired) electrons. The number of aliphatic imine (C=N–C) groups is 2. The summed E-state index contributed by atoms with van der Waals surface area (Å²) >= 11 is 0. The zero-order chi connectivity index (χ0) is 31.5. The van der Waals surface area contributed by atoms with Gasteiger partial charge in [-0.15, -0.1) is 0 Å². The molecule has 0 saturated carbocycles. The molecule has 0 aliphatic rings. The number of amidine groups is 1. The summed E-state index contributed by atoms with van der Waals surface area (Å²) in [6.07, 6.45) is 1.38. The molecule has 13 nitrogen and oxygen atoms in total. The Morgan fingerprint density at radius 1 is 1.07 bits per heavy atom. The van der Waals surface area contributed by atoms with Gasteiger partial charge in [0.1, 0.15) is 5.75 Å². The molecule has 0 aliphatic heterocycles. The lowest BCUT2D eigenvalue weighted by Crippen LogP contribution is -2.37. The number of nitrogens with zero attached hydrogens (tertiary/aromatic N) is 3. The van der Waals surface area contributed by atoms with E-state index in [1.54, 1.807) is 44.2 Å². The Morgan fingerprint density at radius 2 is 1.79 bits per heavy atom. The van der Waals surface area contributed by atoms with Crippen LogP contribution in [0.3, 0.4) is 0 Å². The summed E-state index contributed by atoms with van der Waals surface area (Å²) < 4.78 is 9.97. The fourth-order valence-corrected chi connectivity index (χ4v) is 3.97. The molecule has 3 rings (SSSR count). The average Bonchev–Trinajstić information content (AvgIpc) is 3.36. The van der Waals surface area contributed by atoms with Crippen LogP contribution in [0, 0.1) is 13.8 Å². The number of hydrogen-bond donors (Lipinski definition) is 4. The van der Waals surface area contributed by atoms with Gasteiger partial charge in [-0.25, -0.2) is 19.7 Å². The van der Waals surface area contributed by atoms with Crippen LogP contribution >= 0.6 is 0 Å². The highest BCUT2D eigenvalue weighted by Gasteiger charge is 2.27. The van der Waals surface area contributed by atoms with Crippen molar-refractivity contribution in [3.63, 3.8) is 0 Å². The smallest absolute Gasteiger partial charge is 0.419 e. The molecule has 3 aromatic rings. The quantitative estimate of drug-likeness (QED) is 0.119. The Kier molecular flexibility index (Phi) is 11.2. The Balaban J connectivity index is 1.74. The van der Waals surface area contributed by atoms with Crippen LogP contribution in [0.5, 0.6) is 5.75 Å². The van der Waals surface area contributed by atoms with Crippen LogP contribution in [0.25, 0.3) is 0 Å². The molecule has 0 atom stereocenters. The molecule has 1 aromatic heterocycles. The molecule has 3 amide bonds. The second-order valence-electron chi connectivity index (χ2n) is 9.21. The van der Waals surface area contributed by atoms with Gasteiger partial charge in [-0.05, 0) is 68.7 Å². The maximum absolute atomic E-state index is 13.3. The number of aryl methyl sites for hydroxylation is 1. The first-order valence-corrected chi connectivity index (χ1v) is 13.4. The fraction of sp³-hybridized carbons (Fsp3) is 0.267. The van der Waals surface area contributed by atoms with Crippen LogP contribution in [0.15, 0.2) is 58.6 Å². The zero-order valence-electron chi connectivity index (χ0n) is 24.3. The number of nitrogens with one attached hydrogen (secondary N) is 2. The number of rotatable bonds is 10. The van der Waals surface area contributed by atoms with E-state index in [9.17, 15) is 24.3 Å². The van der Waals surface area contributed by atoms with Gasteiger partial charge in [-0.1, -0.05) is 18.2 Å². The highest BCUT2D eigenvalue weighted by Crippen LogP contribution is 2.24. The number of carbonyl (C=O) groups is 4. The van der Waals surface area contributed by atoms with Gasteiger partial charge in [0.2, 0.25) is 6.79 Å². The van der Waals surface area contributed by atoms with Crippen molar-refractivity contribution in [1.29, 1.82) is 0 Å². The van der Waals surface area contributed by atoms with E-state index in [-0.39, 0.29) is 36.0 Å². The van der Waals surface area contributed by atoms with Crippen LogP contribution < -0.4 is 11.1 Å². The molecule has 2 aromatic carbocycles. The van der Waals surface area contributed by atoms with E-state index >= 15 is 0 Å². The molecule has 13 heteroatoms. The van der Waals surface area contributed by atoms with Crippen molar-refractivity contribution in [2.75, 3.05) is 19.9 Å². The predicted molar refractivity (Wildman–Crippen MR) is 160 cm³/mol. The Hall–Kier alpha value is -5.46. The van der Waals surface area contributed by atoms with Gasteiger partial charge in [0.15, 0.2) is 5.84 Å². The van der Waals surface area contributed by atoms with Crippen molar-refractivity contribution < 1.29 is 33.8 Å². The van der Waals surface area contributed by atoms with Crippen molar-refractivity contribution in [3.05, 3.63) is 82.2 Å². The number of aromatic nitrogens is 1. The molecule has 5 N–H and O–H groups in total. The molecule has 1 heterocycles. The second kappa shape index (κ2) is 15.0. The topological polar surface area (TPSA) is 189 Å². The average molecular weight is 591 g/mol. The summed E-state index contributed by atoms with van der Waals surface area (Å²) in [4.78, 5) is 63.0. The third-order valence-electron chi connectivity index (χ3n) is 6.29. The summed E-state index contributed by atoms with van der Waals surface area (Å²) in [5.74, 6) is -1.34. The van der Waals surface area contributed by atoms with E-state index in [2.05, 4.69) is 20.3 Å². The molecular formula is C30H34N6O7. The second-order valence-corrected chi connectivity index (χ2v) is 9.21. The first-order chi connectivity index (χ1) is 20.6. The Morgan fingerprint density at radius 3 is 2.44 bits per heavy atom. The van der Waals surface area contributed by atoms with Crippen molar-refractivity contribution >= 4 is 41.7 Å². The molecule has 43 heavy (non-hydrogen) atoms. The van der Waals surface area contributed by atoms with Gasteiger partial charge >= 0.3 is 12.1 Å². The van der Waals surface area contributed by atoms with Gasteiger partial charge in [0.25, 0.3) is 11.8 Å². The van der Waals surface area contributed by atoms with Crippen molar-refractivity contribution in [2.45, 2.75) is 34.1 Å². The lowest BCUT2D eigenvalue weighted by atomic mass is 10.1. The predicted octanol–water partition coefficient (Wildman–Crippen LogP) is 3.49. The maximum atomic E-state index is 13.3. The number of H-pyrrole nitrogens is 1. The summed E-state index contributed by atoms with van der Waals surface area (Å²) in [5.41, 5.74) is 8.84. The zero-order valence-corrected chi connectivity index (χ0v) is 24.3. The van der Waals surface area contributed by atoms with Crippen molar-refractivity contribution in [1.82, 2.24) is 15.2 Å². The van der Waals surface area contributed by atoms with Gasteiger partial charge in [-0.3, -0.25) is 14.4 Å². The highest BCUT2D eigenvalue weighted by molar-refractivity contribution is 6.09. The number of imide groups is 1. The van der Waals surface area contributed by atoms with Gasteiger partial charge < -0.3 is 30.6 Å². The number of phenols is 1. The number of carbonyl (C=O) groups excluding carboxylic acids is 4. The number of esters is 1.